The lowest BCUT2D eigenvalue weighted by molar-refractivity contribution is 0.0475. The molecule has 1 saturated heterocycles. The predicted molar refractivity (Wildman–Crippen MR) is 106 cm³/mol. The van der Waals surface area contributed by atoms with Crippen LogP contribution in [0.3, 0.4) is 0 Å². The van der Waals surface area contributed by atoms with Gasteiger partial charge in [-0.25, -0.2) is 0 Å². The number of rotatable bonds is 9. The van der Waals surface area contributed by atoms with Gasteiger partial charge >= 0.3 is 0 Å². The number of carbonyl (C=O) groups excluding carboxylic acids is 3. The first-order valence-electron chi connectivity index (χ1n) is 10.4. The van der Waals surface area contributed by atoms with Crippen molar-refractivity contribution in [1.82, 2.24) is 10.2 Å². The highest BCUT2D eigenvalue weighted by Gasteiger charge is 2.37. The first-order chi connectivity index (χ1) is 13.5. The first-order valence-corrected chi connectivity index (χ1v) is 10.4. The maximum Gasteiger partial charge on any atom is 0.261 e. The van der Waals surface area contributed by atoms with Crippen molar-refractivity contribution in [3.63, 3.8) is 0 Å². The fraction of sp³-hybridized carbons (Fsp3) is 0.591. The minimum atomic E-state index is -0.334. The lowest BCUT2D eigenvalue weighted by atomic mass is 9.99. The second kappa shape index (κ2) is 9.32. The summed E-state index contributed by atoms with van der Waals surface area (Å²) in [6.07, 6.45) is 6.16. The predicted octanol–water partition coefficient (Wildman–Crippen LogP) is 3.41. The largest absolute Gasteiger partial charge is 0.376 e. The van der Waals surface area contributed by atoms with Gasteiger partial charge in [-0.3, -0.25) is 19.3 Å². The summed E-state index contributed by atoms with van der Waals surface area (Å²) in [5, 5.41) is 2.98. The van der Waals surface area contributed by atoms with E-state index in [1.54, 1.807) is 18.2 Å². The van der Waals surface area contributed by atoms with Crippen molar-refractivity contribution in [1.29, 1.82) is 0 Å². The van der Waals surface area contributed by atoms with Gasteiger partial charge < -0.3 is 10.1 Å². The Kier molecular flexibility index (Phi) is 6.83. The van der Waals surface area contributed by atoms with Crippen LogP contribution in [0, 0.1) is 5.92 Å². The molecule has 152 valence electrons. The van der Waals surface area contributed by atoms with Crippen LogP contribution in [-0.4, -0.2) is 48.4 Å². The number of fused-ring (bicyclic) bond motifs is 1. The molecular weight excluding hydrogens is 356 g/mol. The van der Waals surface area contributed by atoms with Crippen LogP contribution in [0.1, 0.15) is 83.4 Å². The van der Waals surface area contributed by atoms with Gasteiger partial charge in [-0.1, -0.05) is 33.1 Å². The maximum atomic E-state index is 12.7. The standard InChI is InChI=1S/C22H30N2O4/c1-3-5-7-15(4-2)13-23-20(25)16-9-10-18-19(12-16)22(27)24(21(18)26)14-17-8-6-11-28-17/h9-10,12,15,17H,3-8,11,13-14H2,1-2H3,(H,23,25). The number of ether oxygens (including phenoxy) is 1. The Balaban J connectivity index is 1.65. The van der Waals surface area contributed by atoms with E-state index in [2.05, 4.69) is 19.2 Å². The zero-order valence-electron chi connectivity index (χ0n) is 16.8. The van der Waals surface area contributed by atoms with Gasteiger partial charge in [0.1, 0.15) is 0 Å². The van der Waals surface area contributed by atoms with Crippen LogP contribution >= 0.6 is 0 Å². The first kappa shape index (κ1) is 20.5. The molecule has 2 heterocycles. The van der Waals surface area contributed by atoms with Crippen LogP contribution in [0.2, 0.25) is 0 Å². The topological polar surface area (TPSA) is 75.7 Å². The van der Waals surface area contributed by atoms with Crippen molar-refractivity contribution in [3.8, 4) is 0 Å². The monoisotopic (exact) mass is 386 g/mol. The Bertz CT molecular complexity index is 740. The third-order valence-corrected chi connectivity index (χ3v) is 5.74. The highest BCUT2D eigenvalue weighted by molar-refractivity contribution is 6.22. The second-order valence-electron chi connectivity index (χ2n) is 7.74. The number of imide groups is 1. The van der Waals surface area contributed by atoms with Gasteiger partial charge in [0, 0.05) is 18.7 Å². The molecular formula is C22H30N2O4. The molecule has 0 spiro atoms. The molecule has 0 radical (unpaired) electrons. The maximum absolute atomic E-state index is 12.7. The van der Waals surface area contributed by atoms with Crippen LogP contribution in [0.25, 0.3) is 0 Å². The van der Waals surface area contributed by atoms with Crippen molar-refractivity contribution < 1.29 is 19.1 Å². The molecule has 2 aliphatic heterocycles. The van der Waals surface area contributed by atoms with Crippen LogP contribution < -0.4 is 5.32 Å². The Morgan fingerprint density at radius 1 is 1.25 bits per heavy atom. The van der Waals surface area contributed by atoms with Gasteiger partial charge in [0.05, 0.1) is 23.8 Å². The average Bonchev–Trinajstić information content (AvgIpc) is 3.31. The van der Waals surface area contributed by atoms with Crippen LogP contribution in [-0.2, 0) is 4.74 Å². The quantitative estimate of drug-likeness (QED) is 0.660. The number of carbonyl (C=O) groups is 3. The smallest absolute Gasteiger partial charge is 0.261 e. The van der Waals surface area contributed by atoms with E-state index in [1.807, 2.05) is 0 Å². The summed E-state index contributed by atoms with van der Waals surface area (Å²) >= 11 is 0. The third-order valence-electron chi connectivity index (χ3n) is 5.74. The molecule has 0 aliphatic carbocycles. The molecule has 6 heteroatoms. The summed E-state index contributed by atoms with van der Waals surface area (Å²) in [5.41, 5.74) is 1.10. The van der Waals surface area contributed by atoms with E-state index in [-0.39, 0.29) is 30.4 Å². The van der Waals surface area contributed by atoms with Gasteiger partial charge in [-0.05, 0) is 43.4 Å². The summed E-state index contributed by atoms with van der Waals surface area (Å²) in [6, 6.07) is 4.77. The summed E-state index contributed by atoms with van der Waals surface area (Å²) in [6.45, 7) is 5.88. The fourth-order valence-corrected chi connectivity index (χ4v) is 3.87. The summed E-state index contributed by atoms with van der Waals surface area (Å²) in [5.74, 6) is -0.369. The number of hydrogen-bond donors (Lipinski definition) is 1. The normalized spacial score (nSPS) is 19.8. The minimum absolute atomic E-state index is 0.0842. The van der Waals surface area contributed by atoms with Crippen LogP contribution in [0.15, 0.2) is 18.2 Å². The van der Waals surface area contributed by atoms with Gasteiger partial charge in [-0.15, -0.1) is 0 Å². The Morgan fingerprint density at radius 2 is 2.04 bits per heavy atom. The van der Waals surface area contributed by atoms with Gasteiger partial charge in [0.2, 0.25) is 0 Å². The third kappa shape index (κ3) is 4.43. The molecule has 2 atom stereocenters. The van der Waals surface area contributed by atoms with Crippen molar-refractivity contribution in [3.05, 3.63) is 34.9 Å². The molecule has 3 amide bonds. The second-order valence-corrected chi connectivity index (χ2v) is 7.74. The SMILES string of the molecule is CCCCC(CC)CNC(=O)c1ccc2c(c1)C(=O)N(CC1CCCO1)C2=O. The Labute approximate surface area is 166 Å². The molecule has 28 heavy (non-hydrogen) atoms. The average molecular weight is 386 g/mol. The highest BCUT2D eigenvalue weighted by Crippen LogP contribution is 2.26. The molecule has 1 fully saturated rings. The van der Waals surface area contributed by atoms with E-state index in [0.717, 1.165) is 38.5 Å². The van der Waals surface area contributed by atoms with Crippen molar-refractivity contribution in [2.75, 3.05) is 19.7 Å². The lowest BCUT2D eigenvalue weighted by Crippen LogP contribution is -2.36. The van der Waals surface area contributed by atoms with Gasteiger partial charge in [0.25, 0.3) is 17.7 Å². The van der Waals surface area contributed by atoms with Gasteiger partial charge in [0.15, 0.2) is 0 Å². The number of unbranched alkanes of at least 4 members (excludes halogenated alkanes) is 1. The Morgan fingerprint density at radius 3 is 2.71 bits per heavy atom. The molecule has 1 N–H and O–H groups in total. The molecule has 2 aliphatic rings. The molecule has 1 aromatic carbocycles. The molecule has 3 rings (SSSR count). The molecule has 2 unspecified atom stereocenters. The molecule has 0 bridgehead atoms. The molecule has 1 aromatic rings. The molecule has 0 saturated carbocycles. The van der Waals surface area contributed by atoms with Gasteiger partial charge in [-0.2, -0.15) is 0 Å². The minimum Gasteiger partial charge on any atom is -0.376 e. The van der Waals surface area contributed by atoms with E-state index in [9.17, 15) is 14.4 Å². The highest BCUT2D eigenvalue weighted by atomic mass is 16.5. The Hall–Kier alpha value is -2.21. The van der Waals surface area contributed by atoms with E-state index in [0.29, 0.717) is 35.8 Å². The number of benzene rings is 1. The van der Waals surface area contributed by atoms with Crippen LogP contribution in [0.4, 0.5) is 0 Å². The fourth-order valence-electron chi connectivity index (χ4n) is 3.87. The number of hydrogen-bond acceptors (Lipinski definition) is 4. The zero-order chi connectivity index (χ0) is 20.1. The van der Waals surface area contributed by atoms with E-state index >= 15 is 0 Å². The van der Waals surface area contributed by atoms with Crippen LogP contribution in [0.5, 0.6) is 0 Å². The van der Waals surface area contributed by atoms with E-state index in [4.69, 9.17) is 4.74 Å². The van der Waals surface area contributed by atoms with Crippen molar-refractivity contribution >= 4 is 17.7 Å². The number of nitrogens with zero attached hydrogens (tertiary/aromatic N) is 1. The molecule has 6 nitrogen and oxygen atoms in total. The van der Waals surface area contributed by atoms with Crippen molar-refractivity contribution in [2.45, 2.75) is 58.5 Å². The molecule has 0 aromatic heterocycles. The summed E-state index contributed by atoms with van der Waals surface area (Å²) < 4.78 is 5.55. The zero-order valence-corrected chi connectivity index (χ0v) is 16.8. The summed E-state index contributed by atoms with van der Waals surface area (Å²) in [4.78, 5) is 39.1. The van der Waals surface area contributed by atoms with E-state index < -0.39 is 0 Å². The van der Waals surface area contributed by atoms with Crippen molar-refractivity contribution in [2.24, 2.45) is 5.92 Å². The summed E-state index contributed by atoms with van der Waals surface area (Å²) in [7, 11) is 0. The lowest BCUT2D eigenvalue weighted by Gasteiger charge is -2.17. The van der Waals surface area contributed by atoms with E-state index in [1.165, 1.54) is 4.90 Å². The number of amides is 3. The number of nitrogens with one attached hydrogen (secondary N) is 1.